The fourth-order valence-corrected chi connectivity index (χ4v) is 3.26. The second kappa shape index (κ2) is 7.82. The molecule has 1 aliphatic heterocycles. The van der Waals surface area contributed by atoms with Gasteiger partial charge in [0.15, 0.2) is 0 Å². The number of hydrogen-bond acceptors (Lipinski definition) is 3. The molecule has 3 nitrogen and oxygen atoms in total. The van der Waals surface area contributed by atoms with Crippen LogP contribution in [0.5, 0.6) is 0 Å². The number of likely N-dealkylation sites (N-methyl/N-ethyl adjacent to an activating group) is 1. The van der Waals surface area contributed by atoms with Crippen LogP contribution < -0.4 is 5.73 Å². The van der Waals surface area contributed by atoms with Gasteiger partial charge in [-0.3, -0.25) is 0 Å². The van der Waals surface area contributed by atoms with Crippen molar-refractivity contribution < 1.29 is 0 Å². The lowest BCUT2D eigenvalue weighted by Gasteiger charge is -2.32. The molecule has 1 fully saturated rings. The summed E-state index contributed by atoms with van der Waals surface area (Å²) in [6, 6.07) is 15.3. The summed E-state index contributed by atoms with van der Waals surface area (Å²) in [5.74, 6) is 0. The van der Waals surface area contributed by atoms with Gasteiger partial charge in [-0.1, -0.05) is 36.4 Å². The maximum Gasteiger partial charge on any atom is 0.0349 e. The number of anilines is 1. The average molecular weight is 323 g/mol. The van der Waals surface area contributed by atoms with Gasteiger partial charge in [0.05, 0.1) is 0 Å². The molecular formula is C21H29N3. The molecule has 2 N–H and O–H groups in total. The highest BCUT2D eigenvalue weighted by Crippen LogP contribution is 2.24. The Morgan fingerprint density at radius 1 is 0.917 bits per heavy atom. The van der Waals surface area contributed by atoms with Crippen molar-refractivity contribution in [1.82, 2.24) is 9.80 Å². The summed E-state index contributed by atoms with van der Waals surface area (Å²) in [7, 11) is 2.21. The molecule has 2 aromatic rings. The summed E-state index contributed by atoms with van der Waals surface area (Å²) in [5.41, 5.74) is 11.9. The average Bonchev–Trinajstić information content (AvgIpc) is 2.60. The van der Waals surface area contributed by atoms with Gasteiger partial charge in [0.2, 0.25) is 0 Å². The number of rotatable bonds is 5. The molecule has 2 aromatic carbocycles. The predicted molar refractivity (Wildman–Crippen MR) is 103 cm³/mol. The maximum absolute atomic E-state index is 6.03. The first-order valence-corrected chi connectivity index (χ1v) is 8.98. The van der Waals surface area contributed by atoms with E-state index in [0.29, 0.717) is 0 Å². The zero-order valence-corrected chi connectivity index (χ0v) is 15.0. The Morgan fingerprint density at radius 2 is 1.58 bits per heavy atom. The normalized spacial score (nSPS) is 16.4. The van der Waals surface area contributed by atoms with Crippen molar-refractivity contribution in [2.75, 3.05) is 45.5 Å². The Kier molecular flexibility index (Phi) is 5.54. The molecular weight excluding hydrogens is 294 g/mol. The molecule has 3 rings (SSSR count). The number of nitrogen functional groups attached to an aromatic ring is 1. The van der Waals surface area contributed by atoms with Crippen LogP contribution in [0.4, 0.5) is 5.69 Å². The van der Waals surface area contributed by atoms with Crippen LogP contribution in [0.25, 0.3) is 11.1 Å². The van der Waals surface area contributed by atoms with E-state index in [1.54, 1.807) is 0 Å². The Balaban J connectivity index is 1.52. The minimum atomic E-state index is 0.865. The molecule has 3 heteroatoms. The topological polar surface area (TPSA) is 32.5 Å². The van der Waals surface area contributed by atoms with Crippen molar-refractivity contribution in [1.29, 1.82) is 0 Å². The fraction of sp³-hybridized carbons (Fsp3) is 0.429. The van der Waals surface area contributed by atoms with E-state index in [4.69, 9.17) is 5.73 Å². The SMILES string of the molecule is Cc1ccc(-c2ccc(CCCN3CCN(C)CC3)cc2)cc1N. The monoisotopic (exact) mass is 323 g/mol. The molecule has 128 valence electrons. The number of benzene rings is 2. The first-order chi connectivity index (χ1) is 11.6. The molecule has 0 atom stereocenters. The summed E-state index contributed by atoms with van der Waals surface area (Å²) >= 11 is 0. The lowest BCUT2D eigenvalue weighted by atomic mass is 10.0. The Hall–Kier alpha value is -1.84. The number of nitrogens with two attached hydrogens (primary N) is 1. The third kappa shape index (κ3) is 4.37. The Labute approximate surface area is 146 Å². The molecule has 0 unspecified atom stereocenters. The molecule has 24 heavy (non-hydrogen) atoms. The van der Waals surface area contributed by atoms with E-state index in [1.165, 1.54) is 55.8 Å². The van der Waals surface area contributed by atoms with Gasteiger partial charge in [0.1, 0.15) is 0 Å². The number of hydrogen-bond donors (Lipinski definition) is 1. The lowest BCUT2D eigenvalue weighted by Crippen LogP contribution is -2.44. The van der Waals surface area contributed by atoms with E-state index in [9.17, 15) is 0 Å². The molecule has 1 saturated heterocycles. The van der Waals surface area contributed by atoms with Gasteiger partial charge in [-0.05, 0) is 61.7 Å². The number of piperazine rings is 1. The van der Waals surface area contributed by atoms with Gasteiger partial charge in [-0.15, -0.1) is 0 Å². The molecule has 1 aliphatic rings. The van der Waals surface area contributed by atoms with Gasteiger partial charge >= 0.3 is 0 Å². The van der Waals surface area contributed by atoms with Crippen LogP contribution in [0.15, 0.2) is 42.5 Å². The van der Waals surface area contributed by atoms with E-state index in [1.807, 2.05) is 6.92 Å². The fourth-order valence-electron chi connectivity index (χ4n) is 3.26. The van der Waals surface area contributed by atoms with Gasteiger partial charge < -0.3 is 15.5 Å². The van der Waals surface area contributed by atoms with Gasteiger partial charge in [0.25, 0.3) is 0 Å². The van der Waals surface area contributed by atoms with E-state index in [-0.39, 0.29) is 0 Å². The largest absolute Gasteiger partial charge is 0.398 e. The van der Waals surface area contributed by atoms with Crippen molar-refractivity contribution in [3.8, 4) is 11.1 Å². The third-order valence-corrected chi connectivity index (χ3v) is 5.10. The summed E-state index contributed by atoms with van der Waals surface area (Å²) < 4.78 is 0. The second-order valence-electron chi connectivity index (χ2n) is 7.02. The van der Waals surface area contributed by atoms with Gasteiger partial charge in [-0.25, -0.2) is 0 Å². The van der Waals surface area contributed by atoms with Crippen molar-refractivity contribution in [2.24, 2.45) is 0 Å². The van der Waals surface area contributed by atoms with E-state index < -0.39 is 0 Å². The van der Waals surface area contributed by atoms with Crippen LogP contribution in [0.3, 0.4) is 0 Å². The summed E-state index contributed by atoms with van der Waals surface area (Å²) in [4.78, 5) is 5.00. The number of nitrogens with zero attached hydrogens (tertiary/aromatic N) is 2. The van der Waals surface area contributed by atoms with Gasteiger partial charge in [0, 0.05) is 31.9 Å². The van der Waals surface area contributed by atoms with Crippen molar-refractivity contribution in [2.45, 2.75) is 19.8 Å². The van der Waals surface area contributed by atoms with Gasteiger partial charge in [-0.2, -0.15) is 0 Å². The summed E-state index contributed by atoms with van der Waals surface area (Å²) in [6.07, 6.45) is 2.39. The smallest absolute Gasteiger partial charge is 0.0349 e. The zero-order valence-electron chi connectivity index (χ0n) is 15.0. The third-order valence-electron chi connectivity index (χ3n) is 5.10. The molecule has 0 amide bonds. The van der Waals surface area contributed by atoms with Crippen LogP contribution >= 0.6 is 0 Å². The Bertz CT molecular complexity index is 655. The van der Waals surface area contributed by atoms with Crippen LogP contribution in [0.1, 0.15) is 17.5 Å². The quantitative estimate of drug-likeness (QED) is 0.856. The molecule has 1 heterocycles. The first kappa shape index (κ1) is 17.0. The Morgan fingerprint density at radius 3 is 2.25 bits per heavy atom. The van der Waals surface area contributed by atoms with E-state index >= 15 is 0 Å². The highest BCUT2D eigenvalue weighted by molar-refractivity contribution is 5.69. The summed E-state index contributed by atoms with van der Waals surface area (Å²) in [5, 5.41) is 0. The highest BCUT2D eigenvalue weighted by Gasteiger charge is 2.12. The van der Waals surface area contributed by atoms with Crippen LogP contribution in [-0.2, 0) is 6.42 Å². The lowest BCUT2D eigenvalue weighted by molar-refractivity contribution is 0.153. The van der Waals surface area contributed by atoms with E-state index in [0.717, 1.165) is 17.7 Å². The van der Waals surface area contributed by atoms with Crippen molar-refractivity contribution in [3.63, 3.8) is 0 Å². The second-order valence-corrected chi connectivity index (χ2v) is 7.02. The van der Waals surface area contributed by atoms with E-state index in [2.05, 4.69) is 59.3 Å². The first-order valence-electron chi connectivity index (χ1n) is 8.98. The summed E-state index contributed by atoms with van der Waals surface area (Å²) in [6.45, 7) is 8.09. The minimum absolute atomic E-state index is 0.865. The van der Waals surface area contributed by atoms with Crippen LogP contribution in [0.2, 0.25) is 0 Å². The highest BCUT2D eigenvalue weighted by atomic mass is 15.2. The van der Waals surface area contributed by atoms with Crippen LogP contribution in [0, 0.1) is 6.92 Å². The van der Waals surface area contributed by atoms with Crippen molar-refractivity contribution in [3.05, 3.63) is 53.6 Å². The standard InChI is InChI=1S/C21H29N3/c1-17-5-8-20(16-21(17)22)19-9-6-18(7-10-19)4-3-11-24-14-12-23(2)13-15-24/h5-10,16H,3-4,11-15,22H2,1-2H3. The van der Waals surface area contributed by atoms with Crippen molar-refractivity contribution >= 4 is 5.69 Å². The maximum atomic E-state index is 6.03. The minimum Gasteiger partial charge on any atom is -0.398 e. The number of aryl methyl sites for hydroxylation is 2. The molecule has 0 aliphatic carbocycles. The zero-order chi connectivity index (χ0) is 16.9. The molecule has 0 radical (unpaired) electrons. The molecule has 0 bridgehead atoms. The molecule has 0 saturated carbocycles. The predicted octanol–water partition coefficient (Wildman–Crippen LogP) is 3.42. The molecule has 0 spiro atoms. The van der Waals surface area contributed by atoms with Crippen LogP contribution in [-0.4, -0.2) is 49.6 Å². The molecule has 0 aromatic heterocycles.